The summed E-state index contributed by atoms with van der Waals surface area (Å²) in [5, 5.41) is -0.338. The lowest BCUT2D eigenvalue weighted by molar-refractivity contribution is 0.0981. The zero-order valence-electron chi connectivity index (χ0n) is 22.4. The third-order valence-electron chi connectivity index (χ3n) is 6.16. The predicted molar refractivity (Wildman–Crippen MR) is 146 cm³/mol. The summed E-state index contributed by atoms with van der Waals surface area (Å²) in [6.07, 6.45) is 1.82. The Bertz CT molecular complexity index is 1450. The smallest absolute Gasteiger partial charge is 0.281 e. The Labute approximate surface area is 223 Å². The second kappa shape index (κ2) is 10.2. The maximum Gasteiger partial charge on any atom is 0.281 e. The highest BCUT2D eigenvalue weighted by Gasteiger charge is 2.36. The summed E-state index contributed by atoms with van der Waals surface area (Å²) >= 11 is 0. The number of carbonyl (C=O) groups excluding carboxylic acids is 1. The van der Waals surface area contributed by atoms with Crippen molar-refractivity contribution in [3.05, 3.63) is 54.1 Å². The average molecular weight is 539 g/mol. The van der Waals surface area contributed by atoms with Crippen LogP contribution in [0.15, 0.2) is 53.6 Å². The quantitative estimate of drug-likeness (QED) is 0.456. The topological polar surface area (TPSA) is 140 Å². The maximum atomic E-state index is 13.3. The minimum atomic E-state index is -4.25. The van der Waals surface area contributed by atoms with Gasteiger partial charge in [0.25, 0.3) is 15.9 Å². The molecule has 0 saturated carbocycles. The van der Waals surface area contributed by atoms with Gasteiger partial charge in [-0.1, -0.05) is 32.9 Å². The fourth-order valence-electron chi connectivity index (χ4n) is 4.21. The van der Waals surface area contributed by atoms with Gasteiger partial charge in [-0.05, 0) is 62.4 Å². The molecule has 0 spiro atoms. The van der Waals surface area contributed by atoms with Gasteiger partial charge in [-0.3, -0.25) is 4.79 Å². The lowest BCUT2D eigenvalue weighted by atomic mass is 9.99. The molecule has 3 aromatic heterocycles. The van der Waals surface area contributed by atoms with E-state index in [1.54, 1.807) is 18.2 Å². The first-order valence-corrected chi connectivity index (χ1v) is 13.9. The van der Waals surface area contributed by atoms with Crippen molar-refractivity contribution in [1.82, 2.24) is 19.7 Å². The van der Waals surface area contributed by atoms with Gasteiger partial charge >= 0.3 is 0 Å². The van der Waals surface area contributed by atoms with E-state index in [0.29, 0.717) is 36.2 Å². The van der Waals surface area contributed by atoms with Crippen LogP contribution in [0, 0.1) is 5.41 Å². The molecule has 3 aromatic rings. The number of hydrogen-bond donors (Lipinski definition) is 2. The van der Waals surface area contributed by atoms with Gasteiger partial charge in [0.05, 0.1) is 23.6 Å². The highest BCUT2D eigenvalue weighted by molar-refractivity contribution is 7.90. The van der Waals surface area contributed by atoms with Gasteiger partial charge in [-0.2, -0.15) is 8.42 Å². The lowest BCUT2D eigenvalue weighted by Gasteiger charge is -2.34. The number of nitrogen functional groups attached to an aromatic ring is 1. The number of carbonyl (C=O) groups is 1. The Balaban J connectivity index is 1.71. The Kier molecular flexibility index (Phi) is 7.33. The molecule has 1 amide bonds. The van der Waals surface area contributed by atoms with Crippen LogP contribution in [0.1, 0.15) is 57.8 Å². The summed E-state index contributed by atoms with van der Waals surface area (Å²) in [6.45, 7) is 11.6. The number of nitrogens with two attached hydrogens (primary N) is 1. The molecule has 1 fully saturated rings. The van der Waals surface area contributed by atoms with Gasteiger partial charge in [0, 0.05) is 18.2 Å². The van der Waals surface area contributed by atoms with E-state index >= 15 is 0 Å². The summed E-state index contributed by atoms with van der Waals surface area (Å²) in [6, 6.07) is 12.9. The molecule has 38 heavy (non-hydrogen) atoms. The molecule has 4 heterocycles. The molecule has 1 saturated heterocycles. The second-order valence-corrected chi connectivity index (χ2v) is 12.8. The molecule has 4 rings (SSSR count). The van der Waals surface area contributed by atoms with Gasteiger partial charge in [0.1, 0.15) is 11.6 Å². The van der Waals surface area contributed by atoms with E-state index in [9.17, 15) is 13.2 Å². The summed E-state index contributed by atoms with van der Waals surface area (Å²) < 4.78 is 33.7. The van der Waals surface area contributed by atoms with E-state index in [1.807, 2.05) is 17.0 Å². The summed E-state index contributed by atoms with van der Waals surface area (Å²) in [5.74, 6) is 0.0964. The van der Waals surface area contributed by atoms with Crippen LogP contribution in [-0.2, 0) is 10.0 Å². The summed E-state index contributed by atoms with van der Waals surface area (Å²) in [7, 11) is -4.25. The average Bonchev–Trinajstić information content (AvgIpc) is 3.20. The fraction of sp³-hybridized carbons (Fsp3) is 0.407. The van der Waals surface area contributed by atoms with Crippen LogP contribution >= 0.6 is 0 Å². The zero-order chi connectivity index (χ0) is 27.7. The maximum absolute atomic E-state index is 13.3. The number of hydrogen-bond acceptors (Lipinski definition) is 9. The van der Waals surface area contributed by atoms with E-state index in [2.05, 4.69) is 49.3 Å². The van der Waals surface area contributed by atoms with Crippen LogP contribution in [0.4, 0.5) is 11.6 Å². The first-order valence-electron chi connectivity index (χ1n) is 12.4. The molecule has 0 unspecified atom stereocenters. The number of anilines is 2. The normalized spacial score (nSPS) is 15.3. The van der Waals surface area contributed by atoms with E-state index in [1.165, 1.54) is 18.2 Å². The molecule has 10 nitrogen and oxygen atoms in total. The van der Waals surface area contributed by atoms with Crippen LogP contribution in [0.3, 0.4) is 0 Å². The Hall–Kier alpha value is -3.73. The fourth-order valence-corrected chi connectivity index (χ4v) is 5.15. The van der Waals surface area contributed by atoms with Gasteiger partial charge in [-0.25, -0.2) is 19.7 Å². The largest absolute Gasteiger partial charge is 0.477 e. The van der Waals surface area contributed by atoms with Crippen LogP contribution in [0.25, 0.3) is 11.4 Å². The number of aromatic nitrogens is 3. The molecule has 0 aromatic carbocycles. The van der Waals surface area contributed by atoms with Crippen molar-refractivity contribution in [2.24, 2.45) is 5.41 Å². The molecule has 202 valence electrons. The van der Waals surface area contributed by atoms with Crippen molar-refractivity contribution < 1.29 is 17.9 Å². The van der Waals surface area contributed by atoms with Crippen LogP contribution in [-0.4, -0.2) is 48.0 Å². The standard InChI is InChI=1S/C27H34N6O4S/c1-26(2,3)17-37-22-11-6-9-19(29-22)20-14-13-18(24(30-20)33-16-8-15-27(33,4)5)25(34)32-38(35,36)23-12-7-10-21(28)31-23/h6-7,9-14H,8,15-17H2,1-5H3,(H2,28,31)(H,32,34). The SMILES string of the molecule is CC(C)(C)COc1cccc(-c2ccc(C(=O)NS(=O)(=O)c3cccc(N)n3)c(N3CCCC3(C)C)n2)n1. The number of pyridine rings is 3. The zero-order valence-corrected chi connectivity index (χ0v) is 23.2. The number of rotatable bonds is 7. The van der Waals surface area contributed by atoms with E-state index in [4.69, 9.17) is 15.5 Å². The predicted octanol–water partition coefficient (Wildman–Crippen LogP) is 4.04. The van der Waals surface area contributed by atoms with Crippen molar-refractivity contribution in [1.29, 1.82) is 0 Å². The molecule has 0 radical (unpaired) electrons. The Morgan fingerprint density at radius 2 is 1.76 bits per heavy atom. The Morgan fingerprint density at radius 3 is 2.42 bits per heavy atom. The van der Waals surface area contributed by atoms with Crippen molar-refractivity contribution in [2.45, 2.75) is 58.0 Å². The molecule has 3 N–H and O–H groups in total. The first kappa shape index (κ1) is 27.3. The van der Waals surface area contributed by atoms with Crippen molar-refractivity contribution >= 4 is 27.6 Å². The third-order valence-corrected chi connectivity index (χ3v) is 7.40. The molecule has 1 aliphatic heterocycles. The number of nitrogens with one attached hydrogen (secondary N) is 1. The molecule has 0 atom stereocenters. The van der Waals surface area contributed by atoms with Gasteiger partial charge in [0.2, 0.25) is 5.88 Å². The van der Waals surface area contributed by atoms with Crippen LogP contribution in [0.2, 0.25) is 0 Å². The monoisotopic (exact) mass is 538 g/mol. The van der Waals surface area contributed by atoms with Gasteiger partial charge in [-0.15, -0.1) is 0 Å². The van der Waals surface area contributed by atoms with Crippen molar-refractivity contribution in [3.8, 4) is 17.3 Å². The van der Waals surface area contributed by atoms with E-state index in [0.717, 1.165) is 12.8 Å². The first-order chi connectivity index (χ1) is 17.7. The van der Waals surface area contributed by atoms with Gasteiger partial charge in [0.15, 0.2) is 5.03 Å². The second-order valence-electron chi connectivity index (χ2n) is 11.2. The molecule has 0 bridgehead atoms. The third kappa shape index (κ3) is 6.21. The molecule has 1 aliphatic rings. The number of ether oxygens (including phenoxy) is 1. The van der Waals surface area contributed by atoms with Crippen LogP contribution < -0.4 is 20.1 Å². The van der Waals surface area contributed by atoms with E-state index < -0.39 is 15.9 Å². The minimum Gasteiger partial charge on any atom is -0.477 e. The molecule has 11 heteroatoms. The number of sulfonamides is 1. The molecule has 0 aliphatic carbocycles. The van der Waals surface area contributed by atoms with Crippen molar-refractivity contribution in [3.63, 3.8) is 0 Å². The number of amides is 1. The minimum absolute atomic E-state index is 0.0270. The van der Waals surface area contributed by atoms with E-state index in [-0.39, 0.29) is 27.4 Å². The lowest BCUT2D eigenvalue weighted by Crippen LogP contribution is -2.41. The summed E-state index contributed by atoms with van der Waals surface area (Å²) in [5.41, 5.74) is 6.59. The summed E-state index contributed by atoms with van der Waals surface area (Å²) in [4.78, 5) is 28.6. The van der Waals surface area contributed by atoms with Crippen molar-refractivity contribution in [2.75, 3.05) is 23.8 Å². The highest BCUT2D eigenvalue weighted by atomic mass is 32.2. The van der Waals surface area contributed by atoms with Crippen LogP contribution in [0.5, 0.6) is 5.88 Å². The Morgan fingerprint density at radius 1 is 1.05 bits per heavy atom. The molecular weight excluding hydrogens is 504 g/mol. The molecular formula is C27H34N6O4S. The van der Waals surface area contributed by atoms with Gasteiger partial charge < -0.3 is 15.4 Å². The highest BCUT2D eigenvalue weighted by Crippen LogP contribution is 2.36. The number of nitrogens with zero attached hydrogens (tertiary/aromatic N) is 4.